The van der Waals surface area contributed by atoms with Gasteiger partial charge in [0, 0.05) is 18.9 Å². The molecule has 0 fully saturated rings. The molecule has 128 valence electrons. The summed E-state index contributed by atoms with van der Waals surface area (Å²) >= 11 is 6.03. The van der Waals surface area contributed by atoms with Crippen molar-refractivity contribution in [3.63, 3.8) is 0 Å². The highest BCUT2D eigenvalue weighted by molar-refractivity contribution is 6.32. The standard InChI is InChI=1S/C18H20ClNO4/c1-13(24-17-9-4-3-8-16(17)19)18(21)20-14-6-5-7-15(12-14)23-11-10-22-2/h3-9,12-13H,10-11H2,1-2H3,(H,20,21). The number of hydrogen-bond acceptors (Lipinski definition) is 4. The zero-order valence-corrected chi connectivity index (χ0v) is 14.4. The van der Waals surface area contributed by atoms with E-state index in [9.17, 15) is 4.79 Å². The van der Waals surface area contributed by atoms with Crippen LogP contribution in [-0.4, -0.2) is 32.3 Å². The lowest BCUT2D eigenvalue weighted by Gasteiger charge is -2.16. The summed E-state index contributed by atoms with van der Waals surface area (Å²) in [5.41, 5.74) is 0.629. The van der Waals surface area contributed by atoms with Gasteiger partial charge in [0.2, 0.25) is 0 Å². The third-order valence-electron chi connectivity index (χ3n) is 3.17. The van der Waals surface area contributed by atoms with Crippen molar-refractivity contribution >= 4 is 23.2 Å². The number of carbonyl (C=O) groups is 1. The maximum Gasteiger partial charge on any atom is 0.265 e. The van der Waals surface area contributed by atoms with Crippen molar-refractivity contribution in [1.29, 1.82) is 0 Å². The van der Waals surface area contributed by atoms with E-state index in [1.54, 1.807) is 56.5 Å². The van der Waals surface area contributed by atoms with Crippen LogP contribution < -0.4 is 14.8 Å². The fourth-order valence-corrected chi connectivity index (χ4v) is 2.11. The number of anilines is 1. The minimum absolute atomic E-state index is 0.274. The van der Waals surface area contributed by atoms with Crippen LogP contribution in [0.2, 0.25) is 5.02 Å². The van der Waals surface area contributed by atoms with E-state index in [1.165, 1.54) is 0 Å². The first-order chi connectivity index (χ1) is 11.6. The van der Waals surface area contributed by atoms with Crippen molar-refractivity contribution < 1.29 is 19.0 Å². The van der Waals surface area contributed by atoms with Gasteiger partial charge in [-0.25, -0.2) is 0 Å². The second-order valence-corrected chi connectivity index (χ2v) is 5.46. The number of hydrogen-bond donors (Lipinski definition) is 1. The Labute approximate surface area is 146 Å². The van der Waals surface area contributed by atoms with E-state index in [4.69, 9.17) is 25.8 Å². The van der Waals surface area contributed by atoms with Crippen molar-refractivity contribution in [2.45, 2.75) is 13.0 Å². The van der Waals surface area contributed by atoms with Crippen LogP contribution in [0.25, 0.3) is 0 Å². The van der Waals surface area contributed by atoms with Gasteiger partial charge in [-0.3, -0.25) is 4.79 Å². The number of amides is 1. The highest BCUT2D eigenvalue weighted by Gasteiger charge is 2.16. The number of carbonyl (C=O) groups excluding carboxylic acids is 1. The van der Waals surface area contributed by atoms with Gasteiger partial charge in [0.1, 0.15) is 18.1 Å². The van der Waals surface area contributed by atoms with E-state index in [0.717, 1.165) is 0 Å². The monoisotopic (exact) mass is 349 g/mol. The molecule has 0 saturated heterocycles. The number of ether oxygens (including phenoxy) is 3. The Balaban J connectivity index is 1.93. The summed E-state index contributed by atoms with van der Waals surface area (Å²) in [7, 11) is 1.61. The molecule has 0 aliphatic carbocycles. The molecule has 0 radical (unpaired) electrons. The SMILES string of the molecule is COCCOc1cccc(NC(=O)C(C)Oc2ccccc2Cl)c1. The Morgan fingerprint density at radius 1 is 1.17 bits per heavy atom. The number of nitrogens with one attached hydrogen (secondary N) is 1. The number of benzene rings is 2. The first-order valence-corrected chi connectivity index (χ1v) is 7.92. The molecule has 0 aromatic heterocycles. The van der Waals surface area contributed by atoms with E-state index in [-0.39, 0.29) is 5.91 Å². The summed E-state index contributed by atoms with van der Waals surface area (Å²) in [4.78, 5) is 12.3. The van der Waals surface area contributed by atoms with Gasteiger partial charge in [-0.2, -0.15) is 0 Å². The minimum Gasteiger partial charge on any atom is -0.491 e. The van der Waals surface area contributed by atoms with Gasteiger partial charge in [-0.05, 0) is 31.2 Å². The fourth-order valence-electron chi connectivity index (χ4n) is 1.93. The lowest BCUT2D eigenvalue weighted by molar-refractivity contribution is -0.122. The van der Waals surface area contributed by atoms with Gasteiger partial charge in [0.05, 0.1) is 11.6 Å². The van der Waals surface area contributed by atoms with E-state index >= 15 is 0 Å². The van der Waals surface area contributed by atoms with Crippen LogP contribution >= 0.6 is 11.6 Å². The number of methoxy groups -OCH3 is 1. The first-order valence-electron chi connectivity index (χ1n) is 7.54. The molecule has 6 heteroatoms. The molecule has 2 aromatic carbocycles. The average Bonchev–Trinajstić information content (AvgIpc) is 2.57. The normalized spacial score (nSPS) is 11.6. The fraction of sp³-hybridized carbons (Fsp3) is 0.278. The van der Waals surface area contributed by atoms with Gasteiger partial charge >= 0.3 is 0 Å². The minimum atomic E-state index is -0.692. The van der Waals surface area contributed by atoms with Crippen LogP contribution in [0.5, 0.6) is 11.5 Å². The van der Waals surface area contributed by atoms with E-state index in [2.05, 4.69) is 5.32 Å². The van der Waals surface area contributed by atoms with Crippen LogP contribution in [-0.2, 0) is 9.53 Å². The molecular weight excluding hydrogens is 330 g/mol. The molecule has 1 N–H and O–H groups in total. The van der Waals surface area contributed by atoms with Gasteiger partial charge in [-0.15, -0.1) is 0 Å². The quantitative estimate of drug-likeness (QED) is 0.737. The van der Waals surface area contributed by atoms with Crippen molar-refractivity contribution in [3.8, 4) is 11.5 Å². The molecule has 0 saturated carbocycles. The zero-order valence-electron chi connectivity index (χ0n) is 13.6. The largest absolute Gasteiger partial charge is 0.491 e. The molecule has 0 aliphatic heterocycles. The third-order valence-corrected chi connectivity index (χ3v) is 3.48. The number of para-hydroxylation sites is 1. The molecule has 1 unspecified atom stereocenters. The summed E-state index contributed by atoms with van der Waals surface area (Å²) in [6, 6.07) is 14.2. The molecule has 0 heterocycles. The first kappa shape index (κ1) is 18.1. The molecule has 1 atom stereocenters. The Morgan fingerprint density at radius 3 is 2.71 bits per heavy atom. The lowest BCUT2D eigenvalue weighted by atomic mass is 10.2. The van der Waals surface area contributed by atoms with Crippen LogP contribution in [0.1, 0.15) is 6.92 Å². The smallest absolute Gasteiger partial charge is 0.265 e. The Hall–Kier alpha value is -2.24. The van der Waals surface area contributed by atoms with Gasteiger partial charge in [0.25, 0.3) is 5.91 Å². The summed E-state index contributed by atoms with van der Waals surface area (Å²) < 4.78 is 16.0. The summed E-state index contributed by atoms with van der Waals surface area (Å²) in [5.74, 6) is 0.854. The highest BCUT2D eigenvalue weighted by atomic mass is 35.5. The Bertz CT molecular complexity index is 678. The maximum atomic E-state index is 12.3. The zero-order chi connectivity index (χ0) is 17.4. The van der Waals surface area contributed by atoms with Crippen molar-refractivity contribution in [1.82, 2.24) is 0 Å². The molecule has 2 rings (SSSR count). The van der Waals surface area contributed by atoms with Crippen molar-refractivity contribution in [2.24, 2.45) is 0 Å². The predicted octanol–water partition coefficient (Wildman–Crippen LogP) is 3.77. The van der Waals surface area contributed by atoms with Gasteiger partial charge in [-0.1, -0.05) is 29.8 Å². The van der Waals surface area contributed by atoms with E-state index in [0.29, 0.717) is 35.4 Å². The van der Waals surface area contributed by atoms with E-state index in [1.807, 2.05) is 6.07 Å². The lowest BCUT2D eigenvalue weighted by Crippen LogP contribution is -2.30. The van der Waals surface area contributed by atoms with Gasteiger partial charge < -0.3 is 19.5 Å². The Kier molecular flexibility index (Phi) is 6.90. The molecule has 0 bridgehead atoms. The average molecular weight is 350 g/mol. The van der Waals surface area contributed by atoms with Gasteiger partial charge in [0.15, 0.2) is 6.10 Å². The highest BCUT2D eigenvalue weighted by Crippen LogP contribution is 2.24. The van der Waals surface area contributed by atoms with E-state index < -0.39 is 6.10 Å². The molecular formula is C18H20ClNO4. The molecule has 0 aliphatic rings. The number of halogens is 1. The maximum absolute atomic E-state index is 12.3. The van der Waals surface area contributed by atoms with Crippen LogP contribution in [0.15, 0.2) is 48.5 Å². The van der Waals surface area contributed by atoms with Crippen LogP contribution in [0, 0.1) is 0 Å². The second kappa shape index (κ2) is 9.15. The van der Waals surface area contributed by atoms with Crippen molar-refractivity contribution in [3.05, 3.63) is 53.6 Å². The summed E-state index contributed by atoms with van der Waals surface area (Å²) in [6.07, 6.45) is -0.692. The summed E-state index contributed by atoms with van der Waals surface area (Å²) in [5, 5.41) is 3.26. The number of rotatable bonds is 8. The molecule has 2 aromatic rings. The van der Waals surface area contributed by atoms with Crippen LogP contribution in [0.3, 0.4) is 0 Å². The Morgan fingerprint density at radius 2 is 1.96 bits per heavy atom. The van der Waals surface area contributed by atoms with Crippen LogP contribution in [0.4, 0.5) is 5.69 Å². The van der Waals surface area contributed by atoms with Crippen molar-refractivity contribution in [2.75, 3.05) is 25.6 Å². The molecule has 1 amide bonds. The molecule has 24 heavy (non-hydrogen) atoms. The summed E-state index contributed by atoms with van der Waals surface area (Å²) in [6.45, 7) is 2.61. The molecule has 0 spiro atoms. The molecule has 5 nitrogen and oxygen atoms in total. The predicted molar refractivity (Wildman–Crippen MR) is 94.0 cm³/mol. The second-order valence-electron chi connectivity index (χ2n) is 5.05. The third kappa shape index (κ3) is 5.44. The topological polar surface area (TPSA) is 56.8 Å².